The maximum absolute atomic E-state index is 13.2. The van der Waals surface area contributed by atoms with Crippen LogP contribution < -0.4 is 0 Å². The third-order valence-corrected chi connectivity index (χ3v) is 6.73. The molecule has 1 N–H and O–H groups in total. The predicted octanol–water partition coefficient (Wildman–Crippen LogP) is 4.32. The summed E-state index contributed by atoms with van der Waals surface area (Å²) in [7, 11) is 0. The highest BCUT2D eigenvalue weighted by atomic mass is 19.1. The number of carbonyl (C=O) groups excluding carboxylic acids is 1. The first-order valence-electron chi connectivity index (χ1n) is 10.5. The van der Waals surface area contributed by atoms with Crippen molar-refractivity contribution in [3.05, 3.63) is 65.5 Å². The zero-order valence-electron chi connectivity index (χ0n) is 17.1. The lowest BCUT2D eigenvalue weighted by Crippen LogP contribution is -2.48. The Morgan fingerprint density at radius 3 is 2.38 bits per heavy atom. The summed E-state index contributed by atoms with van der Waals surface area (Å²) in [5.41, 5.74) is 2.24. The Bertz CT molecular complexity index is 852. The van der Waals surface area contributed by atoms with Gasteiger partial charge in [-0.2, -0.15) is 0 Å². The zero-order valence-corrected chi connectivity index (χ0v) is 17.1. The van der Waals surface area contributed by atoms with Crippen molar-refractivity contribution in [1.29, 1.82) is 0 Å². The fraction of sp³-hybridized carbons (Fsp3) is 0.458. The molecule has 29 heavy (non-hydrogen) atoms. The molecule has 0 unspecified atom stereocenters. The van der Waals surface area contributed by atoms with Crippen LogP contribution in [-0.4, -0.2) is 46.5 Å². The minimum Gasteiger partial charge on any atom is -0.508 e. The van der Waals surface area contributed by atoms with E-state index in [1.807, 2.05) is 24.0 Å². The van der Waals surface area contributed by atoms with Crippen LogP contribution in [0.2, 0.25) is 0 Å². The van der Waals surface area contributed by atoms with Gasteiger partial charge in [0.2, 0.25) is 5.91 Å². The summed E-state index contributed by atoms with van der Waals surface area (Å²) in [5, 5.41) is 9.53. The summed E-state index contributed by atoms with van der Waals surface area (Å²) in [6, 6.07) is 13.9. The lowest BCUT2D eigenvalue weighted by Gasteiger charge is -2.39. The smallest absolute Gasteiger partial charge is 0.240 e. The van der Waals surface area contributed by atoms with Crippen LogP contribution in [-0.2, 0) is 4.79 Å². The Kier molecular flexibility index (Phi) is 5.59. The first-order chi connectivity index (χ1) is 13.9. The van der Waals surface area contributed by atoms with Gasteiger partial charge < -0.3 is 10.0 Å². The molecule has 2 aliphatic rings. The molecule has 0 radical (unpaired) electrons. The minimum atomic E-state index is -0.253. The van der Waals surface area contributed by atoms with Crippen molar-refractivity contribution in [1.82, 2.24) is 9.80 Å². The summed E-state index contributed by atoms with van der Waals surface area (Å²) >= 11 is 0. The van der Waals surface area contributed by atoms with Crippen LogP contribution in [0.1, 0.15) is 49.8 Å². The summed E-state index contributed by atoms with van der Waals surface area (Å²) in [6.07, 6.45) is 1.87. The Hall–Kier alpha value is -2.40. The van der Waals surface area contributed by atoms with Gasteiger partial charge in [-0.1, -0.05) is 31.2 Å². The maximum Gasteiger partial charge on any atom is 0.240 e. The number of rotatable bonds is 4. The number of halogens is 1. The molecule has 0 bridgehead atoms. The molecular formula is C24H29FN2O2. The van der Waals surface area contributed by atoms with Gasteiger partial charge in [0.15, 0.2) is 0 Å². The van der Waals surface area contributed by atoms with Gasteiger partial charge in [0, 0.05) is 13.1 Å². The van der Waals surface area contributed by atoms with E-state index in [2.05, 4.69) is 11.8 Å². The van der Waals surface area contributed by atoms with Crippen molar-refractivity contribution in [2.45, 2.75) is 44.7 Å². The monoisotopic (exact) mass is 396 g/mol. The fourth-order valence-corrected chi connectivity index (χ4v) is 5.01. The molecule has 2 aromatic carbocycles. The molecule has 2 aliphatic heterocycles. The lowest BCUT2D eigenvalue weighted by atomic mass is 9.81. The molecule has 2 heterocycles. The quantitative estimate of drug-likeness (QED) is 0.837. The van der Waals surface area contributed by atoms with Crippen LogP contribution in [0.15, 0.2) is 48.5 Å². The number of phenols is 1. The van der Waals surface area contributed by atoms with Crippen molar-refractivity contribution in [2.24, 2.45) is 5.92 Å². The van der Waals surface area contributed by atoms with Gasteiger partial charge in [0.25, 0.3) is 0 Å². The number of likely N-dealkylation sites (tertiary alicyclic amines) is 2. The van der Waals surface area contributed by atoms with E-state index in [0.717, 1.165) is 38.0 Å². The van der Waals surface area contributed by atoms with E-state index in [0.29, 0.717) is 17.6 Å². The average molecular weight is 397 g/mol. The molecule has 4 rings (SSSR count). The highest BCUT2D eigenvalue weighted by Gasteiger charge is 2.41. The van der Waals surface area contributed by atoms with Gasteiger partial charge in [-0.15, -0.1) is 0 Å². The topological polar surface area (TPSA) is 43.8 Å². The molecule has 4 nitrogen and oxygen atoms in total. The van der Waals surface area contributed by atoms with Gasteiger partial charge in [0.05, 0.1) is 12.1 Å². The van der Waals surface area contributed by atoms with E-state index >= 15 is 0 Å². The number of nitrogens with zero attached hydrogens (tertiary/aromatic N) is 2. The largest absolute Gasteiger partial charge is 0.508 e. The number of hydrogen-bond donors (Lipinski definition) is 1. The van der Waals surface area contributed by atoms with Crippen LogP contribution in [0.5, 0.6) is 5.75 Å². The summed E-state index contributed by atoms with van der Waals surface area (Å²) < 4.78 is 13.2. The molecule has 2 saturated heterocycles. The standard InChI is InChI=1S/C24H29FN2O2/c1-16-15-26(13-11-22(16)19-5-9-21(28)10-6-19)23-12-14-27(24(23)29)17(2)18-3-7-20(25)8-4-18/h3-10,16-17,22-23,28H,11-15H2,1-2H3/t16-,17+,22-,23+/m1/s1. The van der Waals surface area contributed by atoms with Gasteiger partial charge in [-0.25, -0.2) is 4.39 Å². The van der Waals surface area contributed by atoms with Crippen LogP contribution >= 0.6 is 0 Å². The number of aromatic hydroxyl groups is 1. The van der Waals surface area contributed by atoms with E-state index < -0.39 is 0 Å². The number of piperidine rings is 1. The summed E-state index contributed by atoms with van der Waals surface area (Å²) in [6.45, 7) is 6.83. The maximum atomic E-state index is 13.2. The Balaban J connectivity index is 1.40. The summed E-state index contributed by atoms with van der Waals surface area (Å²) in [4.78, 5) is 17.5. The predicted molar refractivity (Wildman–Crippen MR) is 111 cm³/mol. The molecule has 0 spiro atoms. The van der Waals surface area contributed by atoms with Gasteiger partial charge in [-0.05, 0) is 73.5 Å². The van der Waals surface area contributed by atoms with E-state index in [9.17, 15) is 14.3 Å². The first kappa shape index (κ1) is 19.9. The molecule has 0 aliphatic carbocycles. The highest BCUT2D eigenvalue weighted by molar-refractivity contribution is 5.84. The first-order valence-corrected chi connectivity index (χ1v) is 10.5. The molecule has 4 atom stereocenters. The minimum absolute atomic E-state index is 0.0416. The second-order valence-electron chi connectivity index (χ2n) is 8.52. The second-order valence-corrected chi connectivity index (χ2v) is 8.52. The molecule has 1 amide bonds. The zero-order chi connectivity index (χ0) is 20.5. The molecule has 2 fully saturated rings. The van der Waals surface area contributed by atoms with Gasteiger partial charge in [-0.3, -0.25) is 9.69 Å². The third-order valence-electron chi connectivity index (χ3n) is 6.73. The van der Waals surface area contributed by atoms with Crippen molar-refractivity contribution < 1.29 is 14.3 Å². The number of carbonyl (C=O) groups is 1. The lowest BCUT2D eigenvalue weighted by molar-refractivity contribution is -0.134. The van der Waals surface area contributed by atoms with Crippen molar-refractivity contribution in [3.8, 4) is 5.75 Å². The van der Waals surface area contributed by atoms with Crippen LogP contribution in [0, 0.1) is 11.7 Å². The molecule has 2 aromatic rings. The second kappa shape index (κ2) is 8.15. The molecule has 0 aromatic heterocycles. The van der Waals surface area contributed by atoms with Gasteiger partial charge >= 0.3 is 0 Å². The number of amides is 1. The number of benzene rings is 2. The number of phenolic OH excluding ortho intramolecular Hbond substituents is 1. The van der Waals surface area contributed by atoms with Gasteiger partial charge in [0.1, 0.15) is 11.6 Å². The molecular weight excluding hydrogens is 367 g/mol. The Morgan fingerprint density at radius 2 is 1.72 bits per heavy atom. The fourth-order valence-electron chi connectivity index (χ4n) is 5.01. The Morgan fingerprint density at radius 1 is 1.03 bits per heavy atom. The molecule has 5 heteroatoms. The molecule has 154 valence electrons. The van der Waals surface area contributed by atoms with E-state index in [1.165, 1.54) is 17.7 Å². The van der Waals surface area contributed by atoms with Crippen LogP contribution in [0.25, 0.3) is 0 Å². The van der Waals surface area contributed by atoms with Crippen molar-refractivity contribution >= 4 is 5.91 Å². The van der Waals surface area contributed by atoms with E-state index in [4.69, 9.17) is 0 Å². The number of hydrogen-bond acceptors (Lipinski definition) is 3. The highest BCUT2D eigenvalue weighted by Crippen LogP contribution is 2.36. The SMILES string of the molecule is C[C@@H]1CN([C@H]2CCN([C@@H](C)c3ccc(F)cc3)C2=O)CC[C@H]1c1ccc(O)cc1. The van der Waals surface area contributed by atoms with Crippen molar-refractivity contribution in [2.75, 3.05) is 19.6 Å². The Labute approximate surface area is 171 Å². The van der Waals surface area contributed by atoms with E-state index in [-0.39, 0.29) is 23.8 Å². The molecule has 0 saturated carbocycles. The van der Waals surface area contributed by atoms with E-state index in [1.54, 1.807) is 24.3 Å². The third kappa shape index (κ3) is 4.01. The normalized spacial score (nSPS) is 26.7. The van der Waals surface area contributed by atoms with Crippen LogP contribution in [0.3, 0.4) is 0 Å². The van der Waals surface area contributed by atoms with Crippen molar-refractivity contribution in [3.63, 3.8) is 0 Å². The summed E-state index contributed by atoms with van der Waals surface area (Å²) in [5.74, 6) is 1.14. The average Bonchev–Trinajstić information content (AvgIpc) is 3.10. The van der Waals surface area contributed by atoms with Crippen LogP contribution in [0.4, 0.5) is 4.39 Å².